The Morgan fingerprint density at radius 2 is 2.00 bits per heavy atom. The van der Waals surface area contributed by atoms with E-state index in [0.29, 0.717) is 0 Å². The van der Waals surface area contributed by atoms with E-state index in [2.05, 4.69) is 5.92 Å². The Balaban J connectivity index is 3.55. The third-order valence-electron chi connectivity index (χ3n) is 1.67. The Morgan fingerprint density at radius 1 is 1.42 bits per heavy atom. The molecule has 0 heterocycles. The molecule has 0 rings (SSSR count). The van der Waals surface area contributed by atoms with Gasteiger partial charge in [-0.15, -0.1) is 12.3 Å². The Bertz CT molecular complexity index is 138. The van der Waals surface area contributed by atoms with Gasteiger partial charge in [0.1, 0.15) is 0 Å². The van der Waals surface area contributed by atoms with Crippen LogP contribution in [0.25, 0.3) is 0 Å². The monoisotopic (exact) mass is 171 g/mol. The lowest BCUT2D eigenvalue weighted by atomic mass is 10.1. The van der Waals surface area contributed by atoms with Gasteiger partial charge in [0, 0.05) is 20.6 Å². The summed E-state index contributed by atoms with van der Waals surface area (Å²) in [5.41, 5.74) is 5.76. The first-order valence-electron chi connectivity index (χ1n) is 4.01. The van der Waals surface area contributed by atoms with E-state index < -0.39 is 0 Å². The van der Waals surface area contributed by atoms with Crippen LogP contribution in [0, 0.1) is 12.3 Å². The molecule has 0 bridgehead atoms. The minimum atomic E-state index is -0.317. The van der Waals surface area contributed by atoms with Crippen LogP contribution < -0.4 is 5.73 Å². The zero-order chi connectivity index (χ0) is 9.40. The van der Waals surface area contributed by atoms with Gasteiger partial charge in [0.25, 0.3) is 0 Å². The van der Waals surface area contributed by atoms with Crippen molar-refractivity contribution in [2.45, 2.75) is 31.6 Å². The first-order valence-corrected chi connectivity index (χ1v) is 4.01. The van der Waals surface area contributed by atoms with Gasteiger partial charge in [-0.2, -0.15) is 0 Å². The molecule has 0 aliphatic heterocycles. The molecule has 0 aromatic rings. The molecule has 0 spiro atoms. The summed E-state index contributed by atoms with van der Waals surface area (Å²) in [6.45, 7) is 0. The molecule has 0 fully saturated rings. The second kappa shape index (κ2) is 7.11. The van der Waals surface area contributed by atoms with Crippen LogP contribution in [0.15, 0.2) is 0 Å². The molecule has 0 aromatic carbocycles. The van der Waals surface area contributed by atoms with Gasteiger partial charge < -0.3 is 15.2 Å². The van der Waals surface area contributed by atoms with Crippen LogP contribution in [0.3, 0.4) is 0 Å². The summed E-state index contributed by atoms with van der Waals surface area (Å²) in [5.74, 6) is 2.56. The fourth-order valence-electron chi connectivity index (χ4n) is 1.02. The Labute approximate surface area is 74.2 Å². The van der Waals surface area contributed by atoms with Crippen LogP contribution in [0.5, 0.6) is 0 Å². The summed E-state index contributed by atoms with van der Waals surface area (Å²) < 4.78 is 9.99. The fourth-order valence-corrected chi connectivity index (χ4v) is 1.02. The van der Waals surface area contributed by atoms with Gasteiger partial charge >= 0.3 is 0 Å². The van der Waals surface area contributed by atoms with Gasteiger partial charge in [-0.3, -0.25) is 0 Å². The van der Waals surface area contributed by atoms with E-state index in [1.807, 2.05) is 0 Å². The van der Waals surface area contributed by atoms with E-state index in [9.17, 15) is 0 Å². The predicted octanol–water partition coefficient (Wildman–Crippen LogP) is 0.736. The van der Waals surface area contributed by atoms with Gasteiger partial charge in [0.05, 0.1) is 6.04 Å². The number of hydrogen-bond acceptors (Lipinski definition) is 3. The van der Waals surface area contributed by atoms with E-state index in [1.54, 1.807) is 14.2 Å². The number of methoxy groups -OCH3 is 2. The number of rotatable bonds is 6. The number of unbranched alkanes of at least 4 members (excludes halogenated alkanes) is 1. The topological polar surface area (TPSA) is 44.5 Å². The molecule has 0 radical (unpaired) electrons. The van der Waals surface area contributed by atoms with Crippen molar-refractivity contribution < 1.29 is 9.47 Å². The maximum absolute atomic E-state index is 5.76. The molecule has 1 unspecified atom stereocenters. The van der Waals surface area contributed by atoms with E-state index in [-0.39, 0.29) is 12.3 Å². The average molecular weight is 171 g/mol. The Kier molecular flexibility index (Phi) is 6.78. The minimum absolute atomic E-state index is 0.0895. The molecule has 70 valence electrons. The predicted molar refractivity (Wildman–Crippen MR) is 48.5 cm³/mol. The molecule has 0 aromatic heterocycles. The maximum atomic E-state index is 5.76. The van der Waals surface area contributed by atoms with Crippen molar-refractivity contribution in [2.24, 2.45) is 5.73 Å². The largest absolute Gasteiger partial charge is 0.354 e. The molecule has 0 aliphatic rings. The summed E-state index contributed by atoms with van der Waals surface area (Å²) >= 11 is 0. The highest BCUT2D eigenvalue weighted by Crippen LogP contribution is 2.05. The number of nitrogens with two attached hydrogens (primary N) is 1. The zero-order valence-corrected chi connectivity index (χ0v) is 7.75. The van der Waals surface area contributed by atoms with E-state index in [4.69, 9.17) is 21.6 Å². The second-order valence-electron chi connectivity index (χ2n) is 2.60. The van der Waals surface area contributed by atoms with Crippen LogP contribution in [-0.4, -0.2) is 26.6 Å². The van der Waals surface area contributed by atoms with Crippen LogP contribution >= 0.6 is 0 Å². The van der Waals surface area contributed by atoms with Crippen LogP contribution in [0.2, 0.25) is 0 Å². The van der Waals surface area contributed by atoms with Crippen LogP contribution in [0.1, 0.15) is 19.3 Å². The molecule has 0 amide bonds. The summed E-state index contributed by atoms with van der Waals surface area (Å²) in [4.78, 5) is 0. The van der Waals surface area contributed by atoms with Crippen LogP contribution in [0.4, 0.5) is 0 Å². The van der Waals surface area contributed by atoms with Gasteiger partial charge in [0.15, 0.2) is 6.29 Å². The second-order valence-corrected chi connectivity index (χ2v) is 2.60. The molecule has 0 saturated heterocycles. The lowest BCUT2D eigenvalue weighted by Gasteiger charge is -2.20. The maximum Gasteiger partial charge on any atom is 0.171 e. The van der Waals surface area contributed by atoms with Gasteiger partial charge in [0.2, 0.25) is 0 Å². The standard InChI is InChI=1S/C9H17NO2/c1-4-5-6-7-8(10)9(11-2)12-3/h1,8-9H,5-7,10H2,2-3H3. The van der Waals surface area contributed by atoms with E-state index in [1.165, 1.54) is 0 Å². The minimum Gasteiger partial charge on any atom is -0.354 e. The normalized spacial score (nSPS) is 12.9. The molecular weight excluding hydrogens is 154 g/mol. The molecule has 0 saturated carbocycles. The summed E-state index contributed by atoms with van der Waals surface area (Å²) in [6.07, 6.45) is 7.29. The number of ether oxygens (including phenoxy) is 2. The molecule has 1 atom stereocenters. The summed E-state index contributed by atoms with van der Waals surface area (Å²) in [7, 11) is 3.16. The van der Waals surface area contributed by atoms with Crippen molar-refractivity contribution in [1.29, 1.82) is 0 Å². The highest BCUT2D eigenvalue weighted by atomic mass is 16.7. The zero-order valence-electron chi connectivity index (χ0n) is 7.75. The van der Waals surface area contributed by atoms with Crippen molar-refractivity contribution in [3.8, 4) is 12.3 Å². The van der Waals surface area contributed by atoms with Crippen molar-refractivity contribution >= 4 is 0 Å². The smallest absolute Gasteiger partial charge is 0.171 e. The molecule has 2 N–H and O–H groups in total. The van der Waals surface area contributed by atoms with Crippen molar-refractivity contribution in [3.05, 3.63) is 0 Å². The SMILES string of the molecule is C#CCCCC(N)C(OC)OC. The summed E-state index contributed by atoms with van der Waals surface area (Å²) in [5, 5.41) is 0. The molecule has 3 nitrogen and oxygen atoms in total. The van der Waals surface area contributed by atoms with Crippen molar-refractivity contribution in [1.82, 2.24) is 0 Å². The quantitative estimate of drug-likeness (QED) is 0.364. The Hall–Kier alpha value is -0.560. The Morgan fingerprint density at radius 3 is 2.42 bits per heavy atom. The van der Waals surface area contributed by atoms with Crippen LogP contribution in [-0.2, 0) is 9.47 Å². The number of hydrogen-bond donors (Lipinski definition) is 1. The molecule has 3 heteroatoms. The highest BCUT2D eigenvalue weighted by Gasteiger charge is 2.14. The van der Waals surface area contributed by atoms with E-state index >= 15 is 0 Å². The lowest BCUT2D eigenvalue weighted by molar-refractivity contribution is -0.117. The fraction of sp³-hybridized carbons (Fsp3) is 0.778. The third-order valence-corrected chi connectivity index (χ3v) is 1.67. The highest BCUT2D eigenvalue weighted by molar-refractivity contribution is 4.83. The first kappa shape index (κ1) is 11.4. The van der Waals surface area contributed by atoms with E-state index in [0.717, 1.165) is 19.3 Å². The average Bonchev–Trinajstić information content (AvgIpc) is 2.07. The third kappa shape index (κ3) is 4.35. The number of terminal acetylenes is 1. The molecule has 12 heavy (non-hydrogen) atoms. The van der Waals surface area contributed by atoms with Crippen molar-refractivity contribution in [3.63, 3.8) is 0 Å². The van der Waals surface area contributed by atoms with Gasteiger partial charge in [-0.05, 0) is 12.8 Å². The van der Waals surface area contributed by atoms with Crippen molar-refractivity contribution in [2.75, 3.05) is 14.2 Å². The first-order chi connectivity index (χ1) is 5.76. The van der Waals surface area contributed by atoms with Gasteiger partial charge in [-0.1, -0.05) is 0 Å². The molecule has 0 aliphatic carbocycles. The molecular formula is C9H17NO2. The summed E-state index contributed by atoms with van der Waals surface area (Å²) in [6, 6.07) is -0.0895. The lowest BCUT2D eigenvalue weighted by Crippen LogP contribution is -2.37. The van der Waals surface area contributed by atoms with Gasteiger partial charge in [-0.25, -0.2) is 0 Å².